The largest absolute Gasteiger partial charge is 0.478 e. The summed E-state index contributed by atoms with van der Waals surface area (Å²) < 4.78 is 0. The highest BCUT2D eigenvalue weighted by atomic mass is 16.4. The summed E-state index contributed by atoms with van der Waals surface area (Å²) in [6.45, 7) is 0.798. The number of nitrogens with one attached hydrogen (secondary N) is 1. The first-order valence-corrected chi connectivity index (χ1v) is 8.28. The zero-order valence-corrected chi connectivity index (χ0v) is 12.3. The van der Waals surface area contributed by atoms with Gasteiger partial charge in [0, 0.05) is 12.6 Å². The summed E-state index contributed by atoms with van der Waals surface area (Å²) in [4.78, 5) is 11.0. The summed E-state index contributed by atoms with van der Waals surface area (Å²) in [6.07, 6.45) is 7.13. The Morgan fingerprint density at radius 1 is 1.19 bits per heavy atom. The lowest BCUT2D eigenvalue weighted by atomic mass is 9.79. The molecule has 3 heteroatoms. The molecule has 0 spiro atoms. The van der Waals surface area contributed by atoms with Gasteiger partial charge in [-0.2, -0.15) is 0 Å². The molecule has 0 aliphatic heterocycles. The van der Waals surface area contributed by atoms with Gasteiger partial charge in [0.25, 0.3) is 0 Å². The SMILES string of the molecule is O=C(O)c1cccc(CN[C@@H]2C[C@@H]3C[C@H]2[C@@H]2CCC[C@H]32)c1. The average Bonchev–Trinajstić information content (AvgIpc) is 3.17. The van der Waals surface area contributed by atoms with Crippen molar-refractivity contribution in [3.05, 3.63) is 35.4 Å². The molecule has 4 rings (SSSR count). The zero-order valence-electron chi connectivity index (χ0n) is 12.3. The van der Waals surface area contributed by atoms with E-state index in [4.69, 9.17) is 5.11 Å². The van der Waals surface area contributed by atoms with Crippen LogP contribution in [-0.4, -0.2) is 17.1 Å². The van der Waals surface area contributed by atoms with Crippen LogP contribution in [0.25, 0.3) is 0 Å². The van der Waals surface area contributed by atoms with Gasteiger partial charge in [0.15, 0.2) is 0 Å². The van der Waals surface area contributed by atoms with Crippen molar-refractivity contribution in [2.45, 2.75) is 44.7 Å². The van der Waals surface area contributed by atoms with Crippen molar-refractivity contribution < 1.29 is 9.90 Å². The quantitative estimate of drug-likeness (QED) is 0.892. The summed E-state index contributed by atoms with van der Waals surface area (Å²) in [5.74, 6) is 3.01. The van der Waals surface area contributed by atoms with Crippen LogP contribution in [0.5, 0.6) is 0 Å². The lowest BCUT2D eigenvalue weighted by Gasteiger charge is -2.32. The first-order valence-electron chi connectivity index (χ1n) is 8.28. The molecule has 0 aromatic heterocycles. The summed E-state index contributed by atoms with van der Waals surface area (Å²) in [5.41, 5.74) is 1.47. The van der Waals surface area contributed by atoms with Gasteiger partial charge in [-0.05, 0) is 67.1 Å². The monoisotopic (exact) mass is 285 g/mol. The summed E-state index contributed by atoms with van der Waals surface area (Å²) in [5, 5.41) is 12.8. The van der Waals surface area contributed by atoms with E-state index < -0.39 is 5.97 Å². The van der Waals surface area contributed by atoms with E-state index in [1.54, 1.807) is 12.1 Å². The molecule has 0 unspecified atom stereocenters. The second-order valence-corrected chi connectivity index (χ2v) is 7.15. The van der Waals surface area contributed by atoms with E-state index in [2.05, 4.69) is 5.32 Å². The van der Waals surface area contributed by atoms with Gasteiger partial charge in [0.2, 0.25) is 0 Å². The number of fused-ring (bicyclic) bond motifs is 5. The summed E-state index contributed by atoms with van der Waals surface area (Å²) in [7, 11) is 0. The highest BCUT2D eigenvalue weighted by Crippen LogP contribution is 2.58. The summed E-state index contributed by atoms with van der Waals surface area (Å²) in [6, 6.07) is 7.97. The van der Waals surface area contributed by atoms with Crippen LogP contribution in [-0.2, 0) is 6.54 Å². The molecule has 112 valence electrons. The molecular weight excluding hydrogens is 262 g/mol. The molecular formula is C18H23NO2. The Morgan fingerprint density at radius 3 is 2.90 bits per heavy atom. The number of carbonyl (C=O) groups is 1. The number of rotatable bonds is 4. The van der Waals surface area contributed by atoms with Crippen LogP contribution in [0.15, 0.2) is 24.3 Å². The van der Waals surface area contributed by atoms with Crippen molar-refractivity contribution in [3.63, 3.8) is 0 Å². The van der Waals surface area contributed by atoms with E-state index in [0.717, 1.165) is 35.8 Å². The minimum absolute atomic E-state index is 0.387. The maximum atomic E-state index is 11.0. The van der Waals surface area contributed by atoms with E-state index >= 15 is 0 Å². The smallest absolute Gasteiger partial charge is 0.335 e. The number of hydrogen-bond donors (Lipinski definition) is 2. The number of carboxylic acid groups (broad SMARTS) is 1. The van der Waals surface area contributed by atoms with E-state index in [0.29, 0.717) is 11.6 Å². The molecule has 3 nitrogen and oxygen atoms in total. The third-order valence-electron chi connectivity index (χ3n) is 6.17. The Bertz CT molecular complexity index is 556. The van der Waals surface area contributed by atoms with Gasteiger partial charge in [-0.1, -0.05) is 18.6 Å². The van der Waals surface area contributed by atoms with Gasteiger partial charge < -0.3 is 10.4 Å². The van der Waals surface area contributed by atoms with E-state index in [-0.39, 0.29) is 0 Å². The van der Waals surface area contributed by atoms with Gasteiger partial charge in [-0.3, -0.25) is 0 Å². The van der Waals surface area contributed by atoms with Gasteiger partial charge in [-0.15, -0.1) is 0 Å². The Kier molecular flexibility index (Phi) is 3.26. The molecule has 0 saturated heterocycles. The van der Waals surface area contributed by atoms with Crippen LogP contribution in [0.2, 0.25) is 0 Å². The molecule has 3 aliphatic rings. The first-order chi connectivity index (χ1) is 10.2. The van der Waals surface area contributed by atoms with Crippen molar-refractivity contribution in [2.75, 3.05) is 0 Å². The Labute approximate surface area is 125 Å². The lowest BCUT2D eigenvalue weighted by Crippen LogP contribution is -2.38. The van der Waals surface area contributed by atoms with Crippen LogP contribution in [0, 0.1) is 23.7 Å². The fraction of sp³-hybridized carbons (Fsp3) is 0.611. The minimum Gasteiger partial charge on any atom is -0.478 e. The molecule has 1 aromatic carbocycles. The molecule has 0 amide bonds. The van der Waals surface area contributed by atoms with Crippen LogP contribution in [0.3, 0.4) is 0 Å². The minimum atomic E-state index is -0.842. The van der Waals surface area contributed by atoms with Crippen molar-refractivity contribution in [2.24, 2.45) is 23.7 Å². The fourth-order valence-electron chi connectivity index (χ4n) is 5.37. The zero-order chi connectivity index (χ0) is 14.4. The molecule has 0 radical (unpaired) electrons. The molecule has 1 aromatic rings. The van der Waals surface area contributed by atoms with Gasteiger partial charge in [-0.25, -0.2) is 4.79 Å². The maximum Gasteiger partial charge on any atom is 0.335 e. The topological polar surface area (TPSA) is 49.3 Å². The Balaban J connectivity index is 1.40. The molecule has 21 heavy (non-hydrogen) atoms. The molecule has 0 heterocycles. The second kappa shape index (κ2) is 5.13. The number of carboxylic acids is 1. The Morgan fingerprint density at radius 2 is 2.05 bits per heavy atom. The Hall–Kier alpha value is -1.35. The van der Waals surface area contributed by atoms with Gasteiger partial charge >= 0.3 is 5.97 Å². The molecule has 5 atom stereocenters. The van der Waals surface area contributed by atoms with Crippen LogP contribution < -0.4 is 5.32 Å². The third-order valence-corrected chi connectivity index (χ3v) is 6.17. The predicted octanol–water partition coefficient (Wildman–Crippen LogP) is 3.30. The fourth-order valence-corrected chi connectivity index (χ4v) is 5.37. The molecule has 3 aliphatic carbocycles. The first kappa shape index (κ1) is 13.3. The van der Waals surface area contributed by atoms with Crippen molar-refractivity contribution >= 4 is 5.97 Å². The highest BCUT2D eigenvalue weighted by molar-refractivity contribution is 5.87. The third kappa shape index (κ3) is 2.28. The number of benzene rings is 1. The van der Waals surface area contributed by atoms with Crippen LogP contribution in [0.4, 0.5) is 0 Å². The molecule has 2 N–H and O–H groups in total. The molecule has 3 fully saturated rings. The average molecular weight is 285 g/mol. The van der Waals surface area contributed by atoms with E-state index in [1.165, 1.54) is 32.1 Å². The van der Waals surface area contributed by atoms with Crippen molar-refractivity contribution in [1.82, 2.24) is 5.32 Å². The highest BCUT2D eigenvalue weighted by Gasteiger charge is 2.53. The van der Waals surface area contributed by atoms with Crippen LogP contribution >= 0.6 is 0 Å². The van der Waals surface area contributed by atoms with Crippen molar-refractivity contribution in [1.29, 1.82) is 0 Å². The van der Waals surface area contributed by atoms with Gasteiger partial charge in [0.05, 0.1) is 5.56 Å². The van der Waals surface area contributed by atoms with E-state index in [9.17, 15) is 4.79 Å². The molecule has 3 saturated carbocycles. The predicted molar refractivity (Wildman–Crippen MR) is 81.1 cm³/mol. The lowest BCUT2D eigenvalue weighted by molar-refractivity contribution is 0.0696. The number of aromatic carboxylic acids is 1. The summed E-state index contributed by atoms with van der Waals surface area (Å²) >= 11 is 0. The second-order valence-electron chi connectivity index (χ2n) is 7.15. The van der Waals surface area contributed by atoms with Gasteiger partial charge in [0.1, 0.15) is 0 Å². The standard InChI is InChI=1S/C18H23NO2/c20-18(21)12-4-1-3-11(7-12)10-19-17-9-13-8-16(17)15-6-2-5-14(13)15/h1,3-4,7,13-17,19H,2,5-6,8-10H2,(H,20,21)/t13-,14+,15+,16-,17+/m0/s1. The number of hydrogen-bond acceptors (Lipinski definition) is 2. The van der Waals surface area contributed by atoms with E-state index in [1.807, 2.05) is 12.1 Å². The molecule has 2 bridgehead atoms. The normalized spacial score (nSPS) is 36.9. The van der Waals surface area contributed by atoms with Crippen molar-refractivity contribution in [3.8, 4) is 0 Å². The maximum absolute atomic E-state index is 11.0. The van der Waals surface area contributed by atoms with Crippen LogP contribution in [0.1, 0.15) is 48.0 Å².